The van der Waals surface area contributed by atoms with Gasteiger partial charge in [0.05, 0.1) is 0 Å². The summed E-state index contributed by atoms with van der Waals surface area (Å²) < 4.78 is 5.51. The molecule has 1 amide bonds. The molecule has 0 unspecified atom stereocenters. The number of nitrogens with one attached hydrogen (secondary N) is 2. The highest BCUT2D eigenvalue weighted by atomic mass is 35.5. The number of halogens is 1. The molecule has 1 heterocycles. The van der Waals surface area contributed by atoms with Crippen molar-refractivity contribution in [3.63, 3.8) is 0 Å². The van der Waals surface area contributed by atoms with Gasteiger partial charge in [-0.2, -0.15) is 0 Å². The van der Waals surface area contributed by atoms with Crippen molar-refractivity contribution >= 4 is 29.3 Å². The monoisotopic (exact) mass is 282 g/mol. The molecule has 1 aromatic carbocycles. The zero-order valence-corrected chi connectivity index (χ0v) is 12.0. The topological polar surface area (TPSA) is 54.3 Å². The third-order valence-electron chi connectivity index (χ3n) is 2.73. The Morgan fingerprint density at radius 1 is 1.26 bits per heavy atom. The largest absolute Gasteiger partial charge is 0.451 e. The summed E-state index contributed by atoms with van der Waals surface area (Å²) in [4.78, 5) is 11.8. The van der Waals surface area contributed by atoms with Crippen molar-refractivity contribution < 1.29 is 9.21 Å². The Balaban J connectivity index is 0.00000180. The van der Waals surface area contributed by atoms with Gasteiger partial charge in [-0.05, 0) is 31.7 Å². The molecule has 0 aliphatic carbocycles. The molecule has 2 N–H and O–H groups in total. The van der Waals surface area contributed by atoms with Crippen molar-refractivity contribution in [2.45, 2.75) is 13.8 Å². The second-order valence-electron chi connectivity index (χ2n) is 4.26. The number of amides is 1. The summed E-state index contributed by atoms with van der Waals surface area (Å²) >= 11 is 0. The molecule has 104 valence electrons. The van der Waals surface area contributed by atoms with Crippen LogP contribution < -0.4 is 10.6 Å². The summed E-state index contributed by atoms with van der Waals surface area (Å²) in [5.74, 6) is 0.203. The SMILES string of the molecule is CCNCCNC(=O)c1cc2cc(C)ccc2o1.Cl. The first-order valence-corrected chi connectivity index (χ1v) is 6.20. The van der Waals surface area contributed by atoms with Gasteiger partial charge in [0.25, 0.3) is 5.91 Å². The quantitative estimate of drug-likeness (QED) is 0.829. The fraction of sp³-hybridized carbons (Fsp3) is 0.357. The van der Waals surface area contributed by atoms with E-state index in [0.29, 0.717) is 12.3 Å². The number of aryl methyl sites for hydroxylation is 1. The van der Waals surface area contributed by atoms with Gasteiger partial charge in [-0.25, -0.2) is 0 Å². The van der Waals surface area contributed by atoms with Crippen molar-refractivity contribution in [1.29, 1.82) is 0 Å². The van der Waals surface area contributed by atoms with Crippen LogP contribution in [-0.4, -0.2) is 25.5 Å². The van der Waals surface area contributed by atoms with E-state index in [2.05, 4.69) is 10.6 Å². The highest BCUT2D eigenvalue weighted by Crippen LogP contribution is 2.20. The predicted octanol–water partition coefficient (Wildman–Crippen LogP) is 2.50. The van der Waals surface area contributed by atoms with Crippen LogP contribution in [-0.2, 0) is 0 Å². The van der Waals surface area contributed by atoms with Crippen LogP contribution in [0, 0.1) is 6.92 Å². The molecule has 0 spiro atoms. The van der Waals surface area contributed by atoms with Crippen LogP contribution >= 0.6 is 12.4 Å². The van der Waals surface area contributed by atoms with Crippen molar-refractivity contribution in [3.05, 3.63) is 35.6 Å². The molecule has 0 bridgehead atoms. The van der Waals surface area contributed by atoms with Crippen molar-refractivity contribution in [1.82, 2.24) is 10.6 Å². The third-order valence-corrected chi connectivity index (χ3v) is 2.73. The minimum Gasteiger partial charge on any atom is -0.451 e. The van der Waals surface area contributed by atoms with Crippen molar-refractivity contribution in [3.8, 4) is 0 Å². The summed E-state index contributed by atoms with van der Waals surface area (Å²) in [6.45, 7) is 6.32. The fourth-order valence-corrected chi connectivity index (χ4v) is 1.80. The maximum Gasteiger partial charge on any atom is 0.287 e. The third kappa shape index (κ3) is 3.98. The molecule has 0 atom stereocenters. The summed E-state index contributed by atoms with van der Waals surface area (Å²) in [7, 11) is 0. The molecule has 0 aliphatic heterocycles. The number of carbonyl (C=O) groups is 1. The van der Waals surface area contributed by atoms with Crippen molar-refractivity contribution in [2.24, 2.45) is 0 Å². The van der Waals surface area contributed by atoms with E-state index in [4.69, 9.17) is 4.42 Å². The summed E-state index contributed by atoms with van der Waals surface area (Å²) in [6, 6.07) is 7.65. The molecule has 0 radical (unpaired) electrons. The smallest absolute Gasteiger partial charge is 0.287 e. The lowest BCUT2D eigenvalue weighted by Gasteiger charge is -2.02. The van der Waals surface area contributed by atoms with Gasteiger partial charge in [-0.3, -0.25) is 4.79 Å². The second-order valence-corrected chi connectivity index (χ2v) is 4.26. The van der Waals surface area contributed by atoms with Gasteiger partial charge >= 0.3 is 0 Å². The zero-order chi connectivity index (χ0) is 13.0. The van der Waals surface area contributed by atoms with Crippen LogP contribution in [0.4, 0.5) is 0 Å². The van der Waals surface area contributed by atoms with Crippen LogP contribution in [0.3, 0.4) is 0 Å². The molecule has 0 saturated heterocycles. The minimum absolute atomic E-state index is 0. The molecule has 2 aromatic rings. The van der Waals surface area contributed by atoms with Crippen LogP contribution in [0.25, 0.3) is 11.0 Å². The van der Waals surface area contributed by atoms with E-state index < -0.39 is 0 Å². The Labute approximate surface area is 119 Å². The highest BCUT2D eigenvalue weighted by Gasteiger charge is 2.11. The standard InChI is InChI=1S/C14H18N2O2.ClH/c1-3-15-6-7-16-14(17)13-9-11-8-10(2)4-5-12(11)18-13;/h4-5,8-9,15H,3,6-7H2,1-2H3,(H,16,17);1H. The highest BCUT2D eigenvalue weighted by molar-refractivity contribution is 5.96. The normalized spacial score (nSPS) is 10.2. The van der Waals surface area contributed by atoms with Crippen LogP contribution in [0.2, 0.25) is 0 Å². The summed E-state index contributed by atoms with van der Waals surface area (Å²) in [5, 5.41) is 6.92. The maximum absolute atomic E-state index is 11.8. The number of furan rings is 1. The first-order valence-electron chi connectivity index (χ1n) is 6.20. The van der Waals surface area contributed by atoms with Crippen molar-refractivity contribution in [2.75, 3.05) is 19.6 Å². The predicted molar refractivity (Wildman–Crippen MR) is 79.1 cm³/mol. The molecular formula is C14H19ClN2O2. The van der Waals surface area contributed by atoms with Crippen LogP contribution in [0.5, 0.6) is 0 Å². The number of hydrogen-bond acceptors (Lipinski definition) is 3. The fourth-order valence-electron chi connectivity index (χ4n) is 1.80. The number of fused-ring (bicyclic) bond motifs is 1. The van der Waals surface area contributed by atoms with E-state index in [1.165, 1.54) is 0 Å². The van der Waals surface area contributed by atoms with Gasteiger partial charge in [-0.1, -0.05) is 18.6 Å². The Bertz CT molecular complexity index is 551. The van der Waals surface area contributed by atoms with E-state index in [1.807, 2.05) is 32.0 Å². The molecule has 19 heavy (non-hydrogen) atoms. The maximum atomic E-state index is 11.8. The number of benzene rings is 1. The molecule has 0 saturated carbocycles. The van der Waals surface area contributed by atoms with E-state index >= 15 is 0 Å². The van der Waals surface area contributed by atoms with Gasteiger partial charge in [0.2, 0.25) is 0 Å². The van der Waals surface area contributed by atoms with Crippen LogP contribution in [0.1, 0.15) is 23.0 Å². The Morgan fingerprint density at radius 2 is 2.05 bits per heavy atom. The molecular weight excluding hydrogens is 264 g/mol. The number of likely N-dealkylation sites (N-methyl/N-ethyl adjacent to an activating group) is 1. The molecule has 2 rings (SSSR count). The molecule has 0 aliphatic rings. The Morgan fingerprint density at radius 3 is 2.79 bits per heavy atom. The number of rotatable bonds is 5. The average molecular weight is 283 g/mol. The van der Waals surface area contributed by atoms with Gasteiger partial charge < -0.3 is 15.1 Å². The van der Waals surface area contributed by atoms with E-state index in [9.17, 15) is 4.79 Å². The van der Waals surface area contributed by atoms with Gasteiger partial charge in [-0.15, -0.1) is 12.4 Å². The lowest BCUT2D eigenvalue weighted by atomic mass is 10.2. The summed E-state index contributed by atoms with van der Waals surface area (Å²) in [6.07, 6.45) is 0. The average Bonchev–Trinajstić information content (AvgIpc) is 2.77. The minimum atomic E-state index is -0.165. The molecule has 0 fully saturated rings. The molecule has 5 heteroatoms. The van der Waals surface area contributed by atoms with Gasteiger partial charge in [0.15, 0.2) is 5.76 Å². The summed E-state index contributed by atoms with van der Waals surface area (Å²) in [5.41, 5.74) is 1.90. The second kappa shape index (κ2) is 7.16. The first-order chi connectivity index (χ1) is 8.70. The zero-order valence-electron chi connectivity index (χ0n) is 11.2. The Hall–Kier alpha value is -1.52. The number of hydrogen-bond donors (Lipinski definition) is 2. The van der Waals surface area contributed by atoms with E-state index in [-0.39, 0.29) is 18.3 Å². The molecule has 4 nitrogen and oxygen atoms in total. The van der Waals surface area contributed by atoms with Gasteiger partial charge in [0.1, 0.15) is 5.58 Å². The van der Waals surface area contributed by atoms with E-state index in [1.54, 1.807) is 6.07 Å². The van der Waals surface area contributed by atoms with Crippen LogP contribution in [0.15, 0.2) is 28.7 Å². The Kier molecular flexibility index (Phi) is 5.86. The van der Waals surface area contributed by atoms with E-state index in [0.717, 1.165) is 29.6 Å². The lowest BCUT2D eigenvalue weighted by Crippen LogP contribution is -2.31. The molecule has 1 aromatic heterocycles. The van der Waals surface area contributed by atoms with Gasteiger partial charge in [0, 0.05) is 18.5 Å². The number of carbonyl (C=O) groups excluding carboxylic acids is 1. The first kappa shape index (κ1) is 15.5. The lowest BCUT2D eigenvalue weighted by molar-refractivity contribution is 0.0928.